The monoisotopic (exact) mass is 335 g/mol. The number of imide groups is 1. The number of hydrogen-bond acceptors (Lipinski definition) is 5. The molecule has 2 amide bonds. The van der Waals surface area contributed by atoms with Gasteiger partial charge in [-0.2, -0.15) is 0 Å². The minimum absolute atomic E-state index is 0.105. The summed E-state index contributed by atoms with van der Waals surface area (Å²) in [5, 5.41) is 0. The molecule has 0 unspecified atom stereocenters. The summed E-state index contributed by atoms with van der Waals surface area (Å²) in [6.45, 7) is 8.20. The number of hydrogen-bond donors (Lipinski definition) is 0. The van der Waals surface area contributed by atoms with Gasteiger partial charge >= 0.3 is 6.09 Å². The fourth-order valence-electron chi connectivity index (χ4n) is 2.27. The average Bonchev–Trinajstić information content (AvgIpc) is 3.34. The molecule has 1 saturated carbocycles. The van der Waals surface area contributed by atoms with E-state index in [4.69, 9.17) is 14.2 Å². The summed E-state index contributed by atoms with van der Waals surface area (Å²) in [4.78, 5) is 26.1. The van der Waals surface area contributed by atoms with Crippen molar-refractivity contribution in [2.45, 2.75) is 46.6 Å². The number of ether oxygens (including phenoxy) is 3. The van der Waals surface area contributed by atoms with Crippen LogP contribution in [-0.4, -0.2) is 31.3 Å². The lowest BCUT2D eigenvalue weighted by atomic mass is 10.2. The maximum absolute atomic E-state index is 12.6. The number of carbonyl (C=O) groups excluding carboxylic acids is 2. The summed E-state index contributed by atoms with van der Waals surface area (Å²) >= 11 is 0. The Hall–Kier alpha value is -2.24. The van der Waals surface area contributed by atoms with Crippen LogP contribution in [0.1, 0.15) is 40.5 Å². The predicted molar refractivity (Wildman–Crippen MR) is 90.6 cm³/mol. The Balaban J connectivity index is 2.35. The van der Waals surface area contributed by atoms with E-state index in [2.05, 4.69) is 0 Å². The van der Waals surface area contributed by atoms with Gasteiger partial charge in [-0.05, 0) is 52.7 Å². The summed E-state index contributed by atoms with van der Waals surface area (Å²) in [6.07, 6.45) is 0.647. The Bertz CT molecular complexity index is 595. The van der Waals surface area contributed by atoms with E-state index in [0.29, 0.717) is 30.4 Å². The smallest absolute Gasteiger partial charge is 0.421 e. The van der Waals surface area contributed by atoms with Crippen LogP contribution >= 0.6 is 0 Å². The second kappa shape index (κ2) is 8.04. The molecule has 1 aliphatic rings. The maximum atomic E-state index is 12.6. The van der Waals surface area contributed by atoms with Gasteiger partial charge in [-0.1, -0.05) is 0 Å². The average molecular weight is 335 g/mol. The van der Waals surface area contributed by atoms with E-state index in [1.807, 2.05) is 13.8 Å². The molecule has 2 rings (SSSR count). The highest BCUT2D eigenvalue weighted by molar-refractivity contribution is 6.13. The highest BCUT2D eigenvalue weighted by Gasteiger charge is 2.38. The van der Waals surface area contributed by atoms with E-state index < -0.39 is 6.09 Å². The molecule has 1 aromatic rings. The van der Waals surface area contributed by atoms with Crippen molar-refractivity contribution in [2.24, 2.45) is 5.92 Å². The van der Waals surface area contributed by atoms with Crippen molar-refractivity contribution < 1.29 is 23.8 Å². The van der Waals surface area contributed by atoms with Crippen LogP contribution in [0.5, 0.6) is 11.5 Å². The van der Waals surface area contributed by atoms with Crippen molar-refractivity contribution in [3.8, 4) is 11.5 Å². The lowest BCUT2D eigenvalue weighted by Gasteiger charge is -2.23. The second-order valence-electron chi connectivity index (χ2n) is 5.88. The highest BCUT2D eigenvalue weighted by Crippen LogP contribution is 2.36. The van der Waals surface area contributed by atoms with E-state index in [1.165, 1.54) is 0 Å². The number of nitrogens with zero attached hydrogens (tertiary/aromatic N) is 1. The Kier molecular flexibility index (Phi) is 6.06. The normalized spacial score (nSPS) is 13.5. The molecule has 0 aliphatic heterocycles. The van der Waals surface area contributed by atoms with Crippen LogP contribution in [0, 0.1) is 5.92 Å². The third-order valence-electron chi connectivity index (χ3n) is 3.45. The topological polar surface area (TPSA) is 65.1 Å². The van der Waals surface area contributed by atoms with Gasteiger partial charge in [0.05, 0.1) is 25.0 Å². The molecule has 24 heavy (non-hydrogen) atoms. The summed E-state index contributed by atoms with van der Waals surface area (Å²) in [5.41, 5.74) is 0.435. The van der Waals surface area contributed by atoms with Gasteiger partial charge in [0.1, 0.15) is 0 Å². The van der Waals surface area contributed by atoms with Crippen LogP contribution in [0.3, 0.4) is 0 Å². The van der Waals surface area contributed by atoms with Crippen LogP contribution in [0.2, 0.25) is 0 Å². The summed E-state index contributed by atoms with van der Waals surface area (Å²) in [6, 6.07) is 5.03. The Morgan fingerprint density at radius 1 is 1.12 bits per heavy atom. The molecular weight excluding hydrogens is 310 g/mol. The minimum atomic E-state index is -0.659. The standard InChI is InChI=1S/C18H25NO5/c1-5-22-15-10-9-14(11-16(15)23-6-2)19(17(20)13-7-8-13)18(21)24-12(3)4/h9-13H,5-8H2,1-4H3. The second-order valence-corrected chi connectivity index (χ2v) is 5.88. The van der Waals surface area contributed by atoms with Crippen LogP contribution in [-0.2, 0) is 9.53 Å². The van der Waals surface area contributed by atoms with Gasteiger partial charge in [0.25, 0.3) is 0 Å². The fraction of sp³-hybridized carbons (Fsp3) is 0.556. The van der Waals surface area contributed by atoms with E-state index in [9.17, 15) is 9.59 Å². The third-order valence-corrected chi connectivity index (χ3v) is 3.45. The first-order valence-corrected chi connectivity index (χ1v) is 8.42. The van der Waals surface area contributed by atoms with Gasteiger partial charge in [0, 0.05) is 12.0 Å². The lowest BCUT2D eigenvalue weighted by Crippen LogP contribution is -2.39. The molecule has 132 valence electrons. The van der Waals surface area contributed by atoms with Crippen molar-refractivity contribution in [2.75, 3.05) is 18.1 Å². The van der Waals surface area contributed by atoms with Crippen LogP contribution in [0.15, 0.2) is 18.2 Å². The van der Waals surface area contributed by atoms with E-state index in [0.717, 1.165) is 17.7 Å². The summed E-state index contributed by atoms with van der Waals surface area (Å²) < 4.78 is 16.3. The first kappa shape index (κ1) is 18.1. The van der Waals surface area contributed by atoms with Gasteiger partial charge in [-0.25, -0.2) is 9.69 Å². The largest absolute Gasteiger partial charge is 0.490 e. The van der Waals surface area contributed by atoms with E-state index in [1.54, 1.807) is 32.0 Å². The number of carbonyl (C=O) groups is 2. The Morgan fingerprint density at radius 3 is 2.29 bits per heavy atom. The van der Waals surface area contributed by atoms with Crippen LogP contribution in [0.4, 0.5) is 10.5 Å². The number of anilines is 1. The molecular formula is C18H25NO5. The molecule has 0 N–H and O–H groups in total. The molecule has 0 saturated heterocycles. The zero-order chi connectivity index (χ0) is 17.7. The Labute approximate surface area is 142 Å². The number of benzene rings is 1. The van der Waals surface area contributed by atoms with Crippen LogP contribution < -0.4 is 14.4 Å². The molecule has 0 spiro atoms. The van der Waals surface area contributed by atoms with Gasteiger partial charge in [0.2, 0.25) is 5.91 Å². The number of rotatable bonds is 7. The molecule has 1 aromatic carbocycles. The molecule has 0 atom stereocenters. The summed E-state index contributed by atoms with van der Waals surface area (Å²) in [7, 11) is 0. The molecule has 0 radical (unpaired) electrons. The van der Waals surface area contributed by atoms with Gasteiger partial charge in [-0.3, -0.25) is 4.79 Å². The van der Waals surface area contributed by atoms with Gasteiger partial charge in [0.15, 0.2) is 11.5 Å². The molecule has 0 bridgehead atoms. The molecule has 6 heteroatoms. The molecule has 1 fully saturated rings. The van der Waals surface area contributed by atoms with Crippen molar-refractivity contribution in [3.05, 3.63) is 18.2 Å². The quantitative estimate of drug-likeness (QED) is 0.759. The van der Waals surface area contributed by atoms with E-state index >= 15 is 0 Å². The SMILES string of the molecule is CCOc1ccc(N(C(=O)OC(C)C)C(=O)C2CC2)cc1OCC. The van der Waals surface area contributed by atoms with Crippen molar-refractivity contribution in [3.63, 3.8) is 0 Å². The van der Waals surface area contributed by atoms with Crippen molar-refractivity contribution >= 4 is 17.7 Å². The first-order valence-electron chi connectivity index (χ1n) is 8.42. The predicted octanol–water partition coefficient (Wildman–Crippen LogP) is 3.77. The van der Waals surface area contributed by atoms with Crippen LogP contribution in [0.25, 0.3) is 0 Å². The molecule has 1 aliphatic carbocycles. The van der Waals surface area contributed by atoms with Crippen molar-refractivity contribution in [1.82, 2.24) is 0 Å². The minimum Gasteiger partial charge on any atom is -0.490 e. The van der Waals surface area contributed by atoms with E-state index in [-0.39, 0.29) is 17.9 Å². The molecule has 6 nitrogen and oxygen atoms in total. The lowest BCUT2D eigenvalue weighted by molar-refractivity contribution is -0.119. The third kappa shape index (κ3) is 4.40. The zero-order valence-electron chi connectivity index (χ0n) is 14.7. The number of amides is 2. The highest BCUT2D eigenvalue weighted by atomic mass is 16.6. The summed E-state index contributed by atoms with van der Waals surface area (Å²) in [5.74, 6) is 0.751. The van der Waals surface area contributed by atoms with Crippen molar-refractivity contribution in [1.29, 1.82) is 0 Å². The van der Waals surface area contributed by atoms with Gasteiger partial charge < -0.3 is 14.2 Å². The molecule has 0 heterocycles. The first-order chi connectivity index (χ1) is 11.5. The zero-order valence-corrected chi connectivity index (χ0v) is 14.7. The maximum Gasteiger partial charge on any atom is 0.421 e. The molecule has 0 aromatic heterocycles. The van der Waals surface area contributed by atoms with Gasteiger partial charge in [-0.15, -0.1) is 0 Å². The Morgan fingerprint density at radius 2 is 1.75 bits per heavy atom. The fourth-order valence-corrected chi connectivity index (χ4v) is 2.27.